The second kappa shape index (κ2) is 5.24. The normalized spacial score (nSPS) is 10.5. The molecule has 0 saturated carbocycles. The number of hydrogen-bond acceptors (Lipinski definition) is 3. The molecular weight excluding hydrogens is 314 g/mol. The van der Waals surface area contributed by atoms with Crippen molar-refractivity contribution < 1.29 is 0 Å². The fourth-order valence-electron chi connectivity index (χ4n) is 1.64. The third-order valence-electron chi connectivity index (χ3n) is 2.80. The third kappa shape index (κ3) is 2.49. The van der Waals surface area contributed by atoms with Crippen molar-refractivity contribution in [3.63, 3.8) is 0 Å². The van der Waals surface area contributed by atoms with Crippen LogP contribution in [0, 0.1) is 13.8 Å². The molecule has 5 heteroatoms. The van der Waals surface area contributed by atoms with E-state index in [1.807, 2.05) is 39.1 Å². The molecule has 0 amide bonds. The van der Waals surface area contributed by atoms with Crippen LogP contribution >= 0.6 is 27.5 Å². The van der Waals surface area contributed by atoms with Gasteiger partial charge in [-0.3, -0.25) is 0 Å². The van der Waals surface area contributed by atoms with Crippen molar-refractivity contribution in [2.75, 3.05) is 12.4 Å². The first kappa shape index (κ1) is 13.3. The van der Waals surface area contributed by atoms with Crippen LogP contribution in [0.15, 0.2) is 22.7 Å². The minimum Gasteiger partial charge on any atom is -0.373 e. The van der Waals surface area contributed by atoms with Crippen LogP contribution < -0.4 is 5.32 Å². The van der Waals surface area contributed by atoms with Crippen molar-refractivity contribution in [2.45, 2.75) is 13.8 Å². The van der Waals surface area contributed by atoms with E-state index in [1.54, 1.807) is 0 Å². The maximum atomic E-state index is 6.09. The standard InChI is InChI=1S/C13H13BrClN3/c1-7-8(2)17-13(18-12(7)16-3)9-4-5-10(14)11(15)6-9/h4-6H,1-3H3,(H,16,17,18). The zero-order chi connectivity index (χ0) is 13.3. The lowest BCUT2D eigenvalue weighted by Crippen LogP contribution is -2.02. The molecule has 1 aromatic carbocycles. The highest BCUT2D eigenvalue weighted by atomic mass is 79.9. The number of halogens is 2. The van der Waals surface area contributed by atoms with E-state index >= 15 is 0 Å². The first-order valence-corrected chi connectivity index (χ1v) is 6.68. The molecule has 0 spiro atoms. The van der Waals surface area contributed by atoms with E-state index in [0.717, 1.165) is 27.1 Å². The summed E-state index contributed by atoms with van der Waals surface area (Å²) in [4.78, 5) is 8.99. The second-order valence-electron chi connectivity index (χ2n) is 3.99. The van der Waals surface area contributed by atoms with Crippen LogP contribution in [0.5, 0.6) is 0 Å². The summed E-state index contributed by atoms with van der Waals surface area (Å²) < 4.78 is 0.866. The summed E-state index contributed by atoms with van der Waals surface area (Å²) in [6, 6.07) is 5.70. The quantitative estimate of drug-likeness (QED) is 0.898. The Morgan fingerprint density at radius 1 is 1.22 bits per heavy atom. The lowest BCUT2D eigenvalue weighted by molar-refractivity contribution is 1.07. The van der Waals surface area contributed by atoms with Gasteiger partial charge in [-0.15, -0.1) is 0 Å². The highest BCUT2D eigenvalue weighted by Gasteiger charge is 2.09. The fraction of sp³-hybridized carbons (Fsp3) is 0.231. The molecule has 3 nitrogen and oxygen atoms in total. The molecule has 0 bridgehead atoms. The maximum absolute atomic E-state index is 6.09. The van der Waals surface area contributed by atoms with Gasteiger partial charge >= 0.3 is 0 Å². The minimum atomic E-state index is 0.653. The first-order chi connectivity index (χ1) is 8.52. The molecule has 2 rings (SSSR count). The molecule has 0 atom stereocenters. The molecule has 2 aromatic rings. The topological polar surface area (TPSA) is 37.8 Å². The zero-order valence-electron chi connectivity index (χ0n) is 10.4. The van der Waals surface area contributed by atoms with E-state index in [-0.39, 0.29) is 0 Å². The van der Waals surface area contributed by atoms with Gasteiger partial charge in [0.25, 0.3) is 0 Å². The van der Waals surface area contributed by atoms with Crippen molar-refractivity contribution in [1.29, 1.82) is 0 Å². The van der Waals surface area contributed by atoms with Crippen LogP contribution in [0.25, 0.3) is 11.4 Å². The highest BCUT2D eigenvalue weighted by Crippen LogP contribution is 2.28. The predicted octanol–water partition coefficient (Wildman–Crippen LogP) is 4.22. The number of rotatable bonds is 2. The van der Waals surface area contributed by atoms with Crippen molar-refractivity contribution in [3.8, 4) is 11.4 Å². The van der Waals surface area contributed by atoms with Crippen molar-refractivity contribution in [2.24, 2.45) is 0 Å². The Balaban J connectivity index is 2.57. The van der Waals surface area contributed by atoms with Crippen molar-refractivity contribution >= 4 is 33.3 Å². The predicted molar refractivity (Wildman–Crippen MR) is 79.2 cm³/mol. The zero-order valence-corrected chi connectivity index (χ0v) is 12.7. The lowest BCUT2D eigenvalue weighted by atomic mass is 10.2. The summed E-state index contributed by atoms with van der Waals surface area (Å²) in [5, 5.41) is 3.73. The lowest BCUT2D eigenvalue weighted by Gasteiger charge is -2.10. The molecular formula is C13H13BrClN3. The molecule has 0 radical (unpaired) electrons. The number of hydrogen-bond donors (Lipinski definition) is 1. The van der Waals surface area contributed by atoms with Gasteiger partial charge in [-0.25, -0.2) is 9.97 Å². The Labute approximate surface area is 120 Å². The second-order valence-corrected chi connectivity index (χ2v) is 5.25. The third-order valence-corrected chi connectivity index (χ3v) is 4.04. The van der Waals surface area contributed by atoms with Gasteiger partial charge in [0.1, 0.15) is 5.82 Å². The van der Waals surface area contributed by atoms with Crippen molar-refractivity contribution in [1.82, 2.24) is 9.97 Å². The smallest absolute Gasteiger partial charge is 0.161 e. The molecule has 0 fully saturated rings. The van der Waals surface area contributed by atoms with Crippen molar-refractivity contribution in [3.05, 3.63) is 39.0 Å². The monoisotopic (exact) mass is 325 g/mol. The first-order valence-electron chi connectivity index (χ1n) is 5.51. The summed E-state index contributed by atoms with van der Waals surface area (Å²) >= 11 is 9.46. The summed E-state index contributed by atoms with van der Waals surface area (Å²) in [5.41, 5.74) is 2.93. The molecule has 1 heterocycles. The van der Waals surface area contributed by atoms with Crippen LogP contribution in [0.3, 0.4) is 0 Å². The van der Waals surface area contributed by atoms with E-state index in [9.17, 15) is 0 Å². The average Bonchev–Trinajstić information content (AvgIpc) is 2.36. The van der Waals surface area contributed by atoms with Crippen LogP contribution in [-0.2, 0) is 0 Å². The molecule has 0 aliphatic carbocycles. The van der Waals surface area contributed by atoms with Gasteiger partial charge in [-0.05, 0) is 48.0 Å². The van der Waals surface area contributed by atoms with Gasteiger partial charge in [-0.1, -0.05) is 11.6 Å². The van der Waals surface area contributed by atoms with Gasteiger partial charge in [0.2, 0.25) is 0 Å². The minimum absolute atomic E-state index is 0.653. The molecule has 94 valence electrons. The van der Waals surface area contributed by atoms with Crippen LogP contribution in [0.2, 0.25) is 5.02 Å². The molecule has 0 aliphatic heterocycles. The van der Waals surface area contributed by atoms with Gasteiger partial charge in [0.05, 0.1) is 5.02 Å². The number of aromatic nitrogens is 2. The van der Waals surface area contributed by atoms with E-state index in [4.69, 9.17) is 11.6 Å². The molecule has 18 heavy (non-hydrogen) atoms. The molecule has 0 aliphatic rings. The summed E-state index contributed by atoms with van der Waals surface area (Å²) in [7, 11) is 1.85. The Hall–Kier alpha value is -1.13. The van der Waals surface area contributed by atoms with E-state index in [1.165, 1.54) is 0 Å². The SMILES string of the molecule is CNc1nc(-c2ccc(Br)c(Cl)c2)nc(C)c1C. The summed E-state index contributed by atoms with van der Waals surface area (Å²) in [5.74, 6) is 1.52. The molecule has 0 unspecified atom stereocenters. The van der Waals surface area contributed by atoms with Gasteiger partial charge in [0, 0.05) is 28.3 Å². The summed E-state index contributed by atoms with van der Waals surface area (Å²) in [6.07, 6.45) is 0. The van der Waals surface area contributed by atoms with Gasteiger partial charge in [0.15, 0.2) is 5.82 Å². The van der Waals surface area contributed by atoms with Crippen LogP contribution in [0.4, 0.5) is 5.82 Å². The van der Waals surface area contributed by atoms with Crippen LogP contribution in [0.1, 0.15) is 11.3 Å². The van der Waals surface area contributed by atoms with Gasteiger partial charge < -0.3 is 5.32 Å². The Kier molecular flexibility index (Phi) is 3.88. The highest BCUT2D eigenvalue weighted by molar-refractivity contribution is 9.10. The molecule has 1 aromatic heterocycles. The van der Waals surface area contributed by atoms with E-state index < -0.39 is 0 Å². The summed E-state index contributed by atoms with van der Waals surface area (Å²) in [6.45, 7) is 3.97. The van der Waals surface area contributed by atoms with E-state index in [2.05, 4.69) is 31.2 Å². The van der Waals surface area contributed by atoms with E-state index in [0.29, 0.717) is 10.8 Å². The Morgan fingerprint density at radius 2 is 1.94 bits per heavy atom. The largest absolute Gasteiger partial charge is 0.373 e. The number of benzene rings is 1. The fourth-order valence-corrected chi connectivity index (χ4v) is 2.06. The number of nitrogens with zero attached hydrogens (tertiary/aromatic N) is 2. The maximum Gasteiger partial charge on any atom is 0.161 e. The Bertz CT molecular complexity index is 599. The average molecular weight is 327 g/mol. The number of anilines is 1. The number of aryl methyl sites for hydroxylation is 1. The Morgan fingerprint density at radius 3 is 2.56 bits per heavy atom. The number of nitrogens with one attached hydrogen (secondary N) is 1. The molecule has 0 saturated heterocycles. The molecule has 1 N–H and O–H groups in total. The van der Waals surface area contributed by atoms with Gasteiger partial charge in [-0.2, -0.15) is 0 Å². The van der Waals surface area contributed by atoms with Crippen LogP contribution in [-0.4, -0.2) is 17.0 Å².